The van der Waals surface area contributed by atoms with E-state index in [0.717, 1.165) is 25.0 Å². The first-order valence-electron chi connectivity index (χ1n) is 3.16. The highest BCUT2D eigenvalue weighted by molar-refractivity contribution is 9.09. The van der Waals surface area contributed by atoms with Crippen LogP contribution in [-0.2, 0) is 4.74 Å². The van der Waals surface area contributed by atoms with Crippen molar-refractivity contribution in [2.75, 3.05) is 18.5 Å². The minimum atomic E-state index is 0.753. The fourth-order valence-corrected chi connectivity index (χ4v) is 0.633. The molecule has 0 radical (unpaired) electrons. The Hall–Kier alpha value is 0.180. The summed E-state index contributed by atoms with van der Waals surface area (Å²) in [6.45, 7) is 3.60. The zero-order chi connectivity index (χ0) is 6.95. The van der Waals surface area contributed by atoms with E-state index in [4.69, 9.17) is 4.74 Å². The third kappa shape index (κ3) is 8.18. The van der Waals surface area contributed by atoms with Crippen LogP contribution >= 0.6 is 15.9 Å². The Morgan fingerprint density at radius 1 is 1.56 bits per heavy atom. The molecule has 0 fully saturated rings. The van der Waals surface area contributed by atoms with Gasteiger partial charge in [-0.2, -0.15) is 0 Å². The van der Waals surface area contributed by atoms with Crippen LogP contribution in [0, 0.1) is 0 Å². The van der Waals surface area contributed by atoms with Gasteiger partial charge in [0.15, 0.2) is 0 Å². The molecule has 0 aliphatic rings. The van der Waals surface area contributed by atoms with Crippen molar-refractivity contribution < 1.29 is 4.74 Å². The zero-order valence-corrected chi connectivity index (χ0v) is 7.36. The number of ether oxygens (including phenoxy) is 1. The van der Waals surface area contributed by atoms with Gasteiger partial charge in [-0.15, -0.1) is 0 Å². The topological polar surface area (TPSA) is 9.23 Å². The molecule has 2 heteroatoms. The second-order valence-corrected chi connectivity index (χ2v) is 2.48. The maximum atomic E-state index is 5.20. The van der Waals surface area contributed by atoms with E-state index in [-0.39, 0.29) is 0 Å². The molecule has 0 aromatic rings. The first-order chi connectivity index (χ1) is 4.41. The molecule has 0 saturated carbocycles. The minimum Gasteiger partial charge on any atom is -0.377 e. The molecule has 1 nitrogen and oxygen atoms in total. The molecule has 0 aliphatic carbocycles. The van der Waals surface area contributed by atoms with Crippen LogP contribution in [0.2, 0.25) is 0 Å². The average molecular weight is 193 g/mol. The molecule has 0 heterocycles. The fraction of sp³-hybridized carbons (Fsp3) is 0.714. The fourth-order valence-electron chi connectivity index (χ4n) is 0.404. The SMILES string of the molecule is CC=CCOCCCBr. The van der Waals surface area contributed by atoms with E-state index < -0.39 is 0 Å². The molecular formula is C7H13BrO. The first-order valence-corrected chi connectivity index (χ1v) is 4.29. The van der Waals surface area contributed by atoms with Gasteiger partial charge >= 0.3 is 0 Å². The van der Waals surface area contributed by atoms with E-state index >= 15 is 0 Å². The highest BCUT2D eigenvalue weighted by atomic mass is 79.9. The summed E-state index contributed by atoms with van der Waals surface area (Å²) in [5.74, 6) is 0. The Labute approximate surface area is 65.2 Å². The molecule has 0 aliphatic heterocycles. The lowest BCUT2D eigenvalue weighted by atomic mass is 10.5. The average Bonchev–Trinajstić information content (AvgIpc) is 1.89. The molecule has 0 atom stereocenters. The molecule has 9 heavy (non-hydrogen) atoms. The van der Waals surface area contributed by atoms with Crippen molar-refractivity contribution in [1.82, 2.24) is 0 Å². The smallest absolute Gasteiger partial charge is 0.0647 e. The summed E-state index contributed by atoms with van der Waals surface area (Å²) in [5.41, 5.74) is 0. The maximum absolute atomic E-state index is 5.20. The summed E-state index contributed by atoms with van der Waals surface area (Å²) < 4.78 is 5.20. The van der Waals surface area contributed by atoms with Gasteiger partial charge in [0.25, 0.3) is 0 Å². The number of halogens is 1. The summed E-state index contributed by atoms with van der Waals surface area (Å²) in [6.07, 6.45) is 5.10. The second-order valence-electron chi connectivity index (χ2n) is 1.69. The summed E-state index contributed by atoms with van der Waals surface area (Å²) in [5, 5.41) is 1.03. The molecule has 0 rings (SSSR count). The van der Waals surface area contributed by atoms with Crippen LogP contribution in [0.4, 0.5) is 0 Å². The van der Waals surface area contributed by atoms with E-state index in [1.807, 2.05) is 19.1 Å². The lowest BCUT2D eigenvalue weighted by molar-refractivity contribution is 0.164. The summed E-state index contributed by atoms with van der Waals surface area (Å²) in [7, 11) is 0. The number of hydrogen-bond acceptors (Lipinski definition) is 1. The van der Waals surface area contributed by atoms with Gasteiger partial charge in [-0.1, -0.05) is 28.1 Å². The number of alkyl halides is 1. The molecule has 54 valence electrons. The van der Waals surface area contributed by atoms with Gasteiger partial charge in [0, 0.05) is 11.9 Å². The van der Waals surface area contributed by atoms with Gasteiger partial charge in [0.05, 0.1) is 6.61 Å². The van der Waals surface area contributed by atoms with Gasteiger partial charge < -0.3 is 4.74 Å². The standard InChI is InChI=1S/C7H13BrO/c1-2-3-6-9-7-4-5-8/h2-3H,4-7H2,1H3. The quantitative estimate of drug-likeness (QED) is 0.370. The molecule has 0 aromatic heterocycles. The predicted octanol–water partition coefficient (Wildman–Crippen LogP) is 2.36. The lowest BCUT2D eigenvalue weighted by Gasteiger charge is -1.95. The molecule has 0 N–H and O–H groups in total. The second kappa shape index (κ2) is 8.18. The third-order valence-electron chi connectivity index (χ3n) is 0.872. The highest BCUT2D eigenvalue weighted by Crippen LogP contribution is 1.88. The van der Waals surface area contributed by atoms with Gasteiger partial charge in [0.1, 0.15) is 0 Å². The largest absolute Gasteiger partial charge is 0.377 e. The Morgan fingerprint density at radius 2 is 2.33 bits per heavy atom. The van der Waals surface area contributed by atoms with Crippen molar-refractivity contribution in [3.05, 3.63) is 12.2 Å². The third-order valence-corrected chi connectivity index (χ3v) is 1.43. The van der Waals surface area contributed by atoms with E-state index in [1.165, 1.54) is 0 Å². The number of rotatable bonds is 5. The van der Waals surface area contributed by atoms with Crippen LogP contribution < -0.4 is 0 Å². The van der Waals surface area contributed by atoms with Gasteiger partial charge in [-0.3, -0.25) is 0 Å². The van der Waals surface area contributed by atoms with Gasteiger partial charge in [-0.05, 0) is 13.3 Å². The van der Waals surface area contributed by atoms with Crippen LogP contribution in [-0.4, -0.2) is 18.5 Å². The van der Waals surface area contributed by atoms with Crippen molar-refractivity contribution in [2.45, 2.75) is 13.3 Å². The molecule has 0 amide bonds. The van der Waals surface area contributed by atoms with E-state index in [1.54, 1.807) is 0 Å². The molecule has 0 aromatic carbocycles. The Bertz CT molecular complexity index is 71.3. The van der Waals surface area contributed by atoms with Crippen LogP contribution in [0.25, 0.3) is 0 Å². The van der Waals surface area contributed by atoms with Crippen molar-refractivity contribution in [3.8, 4) is 0 Å². The van der Waals surface area contributed by atoms with E-state index in [2.05, 4.69) is 15.9 Å². The normalized spacial score (nSPS) is 10.9. The molecule has 0 unspecified atom stereocenters. The first kappa shape index (κ1) is 9.18. The monoisotopic (exact) mass is 192 g/mol. The summed E-state index contributed by atoms with van der Waals surface area (Å²) >= 11 is 3.32. The van der Waals surface area contributed by atoms with E-state index in [9.17, 15) is 0 Å². The predicted molar refractivity (Wildman–Crippen MR) is 44.0 cm³/mol. The van der Waals surface area contributed by atoms with Crippen LogP contribution in [0.3, 0.4) is 0 Å². The van der Waals surface area contributed by atoms with Crippen LogP contribution in [0.1, 0.15) is 13.3 Å². The number of allylic oxidation sites excluding steroid dienone is 1. The van der Waals surface area contributed by atoms with Gasteiger partial charge in [0.2, 0.25) is 0 Å². The van der Waals surface area contributed by atoms with Crippen LogP contribution in [0.5, 0.6) is 0 Å². The summed E-state index contributed by atoms with van der Waals surface area (Å²) in [4.78, 5) is 0. The van der Waals surface area contributed by atoms with Crippen LogP contribution in [0.15, 0.2) is 12.2 Å². The Balaban J connectivity index is 2.75. The molecule has 0 spiro atoms. The number of hydrogen-bond donors (Lipinski definition) is 0. The summed E-state index contributed by atoms with van der Waals surface area (Å²) in [6, 6.07) is 0. The molecular weight excluding hydrogens is 180 g/mol. The Kier molecular flexibility index (Phi) is 8.34. The Morgan fingerprint density at radius 3 is 2.89 bits per heavy atom. The molecule has 0 saturated heterocycles. The van der Waals surface area contributed by atoms with Crippen molar-refractivity contribution in [3.63, 3.8) is 0 Å². The zero-order valence-electron chi connectivity index (χ0n) is 5.77. The van der Waals surface area contributed by atoms with Crippen molar-refractivity contribution in [1.29, 1.82) is 0 Å². The highest BCUT2D eigenvalue weighted by Gasteiger charge is 1.81. The molecule has 0 bridgehead atoms. The van der Waals surface area contributed by atoms with Crippen molar-refractivity contribution >= 4 is 15.9 Å². The maximum Gasteiger partial charge on any atom is 0.0647 e. The van der Waals surface area contributed by atoms with Crippen molar-refractivity contribution in [2.24, 2.45) is 0 Å². The minimum absolute atomic E-state index is 0.753. The van der Waals surface area contributed by atoms with Gasteiger partial charge in [-0.25, -0.2) is 0 Å². The lowest BCUT2D eigenvalue weighted by Crippen LogP contribution is -1.93. The van der Waals surface area contributed by atoms with E-state index in [0.29, 0.717) is 0 Å².